The van der Waals surface area contributed by atoms with Crippen LogP contribution in [0.1, 0.15) is 22.3 Å². The minimum absolute atomic E-state index is 0.0638. The van der Waals surface area contributed by atoms with E-state index in [0.717, 1.165) is 37.3 Å². The molecular weight excluding hydrogens is 582 g/mol. The Labute approximate surface area is 256 Å². The highest BCUT2D eigenvalue weighted by molar-refractivity contribution is 7.92. The van der Waals surface area contributed by atoms with Crippen LogP contribution < -0.4 is 14.5 Å². The highest BCUT2D eigenvalue weighted by atomic mass is 35.5. The van der Waals surface area contributed by atoms with Gasteiger partial charge in [-0.25, -0.2) is 13.8 Å². The van der Waals surface area contributed by atoms with Gasteiger partial charge in [0.25, 0.3) is 15.9 Å². The molecule has 0 atom stereocenters. The molecule has 0 aliphatic heterocycles. The van der Waals surface area contributed by atoms with E-state index >= 15 is 0 Å². The van der Waals surface area contributed by atoms with Crippen LogP contribution in [0.4, 0.5) is 5.69 Å². The van der Waals surface area contributed by atoms with Gasteiger partial charge in [-0.15, -0.1) is 0 Å². The van der Waals surface area contributed by atoms with Crippen molar-refractivity contribution < 1.29 is 17.9 Å². The van der Waals surface area contributed by atoms with Crippen molar-refractivity contribution in [2.24, 2.45) is 5.10 Å². The number of amides is 1. The molecule has 0 aromatic heterocycles. The van der Waals surface area contributed by atoms with Crippen molar-refractivity contribution in [3.63, 3.8) is 0 Å². The maximum Gasteiger partial charge on any atom is 0.264 e. The molecule has 0 saturated heterocycles. The first kappa shape index (κ1) is 29.8. The van der Waals surface area contributed by atoms with Gasteiger partial charge < -0.3 is 4.74 Å². The molecular formula is C34H30ClN3O4S. The predicted molar refractivity (Wildman–Crippen MR) is 172 cm³/mol. The first-order valence-electron chi connectivity index (χ1n) is 13.6. The van der Waals surface area contributed by atoms with Crippen molar-refractivity contribution in [1.82, 2.24) is 5.43 Å². The van der Waals surface area contributed by atoms with E-state index in [2.05, 4.69) is 28.7 Å². The third-order valence-electron chi connectivity index (χ3n) is 6.90. The van der Waals surface area contributed by atoms with Crippen LogP contribution >= 0.6 is 11.6 Å². The summed E-state index contributed by atoms with van der Waals surface area (Å²) in [5.41, 5.74) is 6.23. The number of ether oxygens (including phenoxy) is 1. The molecule has 0 bridgehead atoms. The number of hydrogen-bond donors (Lipinski definition) is 1. The van der Waals surface area contributed by atoms with Gasteiger partial charge in [-0.05, 0) is 89.8 Å². The van der Waals surface area contributed by atoms with Gasteiger partial charge in [0, 0.05) is 5.02 Å². The fraction of sp³-hybridized carbons (Fsp3) is 0.118. The Morgan fingerprint density at radius 1 is 0.907 bits per heavy atom. The number of carbonyl (C=O) groups excluding carboxylic acids is 1. The van der Waals surface area contributed by atoms with Crippen molar-refractivity contribution in [3.8, 4) is 5.75 Å². The molecule has 0 radical (unpaired) electrons. The van der Waals surface area contributed by atoms with E-state index in [1.165, 1.54) is 24.4 Å². The molecule has 1 amide bonds. The number of hydrazone groups is 1. The fourth-order valence-electron chi connectivity index (χ4n) is 4.46. The molecule has 7 nitrogen and oxygen atoms in total. The zero-order chi connectivity index (χ0) is 30.4. The monoisotopic (exact) mass is 611 g/mol. The van der Waals surface area contributed by atoms with Gasteiger partial charge >= 0.3 is 0 Å². The molecule has 0 aliphatic rings. The summed E-state index contributed by atoms with van der Waals surface area (Å²) in [7, 11) is -4.07. The third kappa shape index (κ3) is 7.23. The number of rotatable bonds is 10. The van der Waals surface area contributed by atoms with E-state index in [-0.39, 0.29) is 10.6 Å². The largest absolute Gasteiger partial charge is 0.489 e. The number of sulfonamides is 1. The van der Waals surface area contributed by atoms with Crippen molar-refractivity contribution in [2.75, 3.05) is 10.8 Å². The molecule has 1 N–H and O–H groups in total. The highest BCUT2D eigenvalue weighted by Crippen LogP contribution is 2.28. The number of aryl methyl sites for hydroxylation is 2. The summed E-state index contributed by atoms with van der Waals surface area (Å²) >= 11 is 6.29. The summed E-state index contributed by atoms with van der Waals surface area (Å²) in [6.45, 7) is 3.62. The van der Waals surface area contributed by atoms with Gasteiger partial charge in [0.15, 0.2) is 0 Å². The Bertz CT molecular complexity index is 1890. The maximum atomic E-state index is 13.6. The molecule has 0 spiro atoms. The van der Waals surface area contributed by atoms with Gasteiger partial charge in [0.05, 0.1) is 16.8 Å². The molecule has 0 aliphatic carbocycles. The van der Waals surface area contributed by atoms with Crippen LogP contribution in [0.25, 0.3) is 10.8 Å². The number of carbonyl (C=O) groups is 1. The van der Waals surface area contributed by atoms with E-state index < -0.39 is 22.5 Å². The molecule has 218 valence electrons. The molecule has 43 heavy (non-hydrogen) atoms. The summed E-state index contributed by atoms with van der Waals surface area (Å²) < 4.78 is 34.1. The molecule has 0 saturated carbocycles. The smallest absolute Gasteiger partial charge is 0.264 e. The van der Waals surface area contributed by atoms with E-state index in [9.17, 15) is 13.2 Å². The normalized spacial score (nSPS) is 11.5. The third-order valence-corrected chi connectivity index (χ3v) is 9.09. The first-order chi connectivity index (χ1) is 20.7. The molecule has 5 aromatic carbocycles. The maximum absolute atomic E-state index is 13.6. The van der Waals surface area contributed by atoms with Gasteiger partial charge in [0.2, 0.25) is 0 Å². The van der Waals surface area contributed by atoms with Crippen molar-refractivity contribution >= 4 is 50.2 Å². The Morgan fingerprint density at radius 3 is 2.37 bits per heavy atom. The average molecular weight is 612 g/mol. The van der Waals surface area contributed by atoms with Crippen LogP contribution in [0.2, 0.25) is 5.02 Å². The van der Waals surface area contributed by atoms with Crippen LogP contribution in [0.3, 0.4) is 0 Å². The molecule has 0 unspecified atom stereocenters. The lowest BCUT2D eigenvalue weighted by Gasteiger charge is -2.24. The molecule has 0 heterocycles. The van der Waals surface area contributed by atoms with Crippen LogP contribution in [0, 0.1) is 13.8 Å². The summed E-state index contributed by atoms with van der Waals surface area (Å²) in [5, 5.41) is 6.74. The first-order valence-corrected chi connectivity index (χ1v) is 15.4. The predicted octanol–water partition coefficient (Wildman–Crippen LogP) is 7.03. The Morgan fingerprint density at radius 2 is 1.63 bits per heavy atom. The lowest BCUT2D eigenvalue weighted by Crippen LogP contribution is -2.39. The minimum atomic E-state index is -4.07. The van der Waals surface area contributed by atoms with Gasteiger partial charge in [-0.1, -0.05) is 77.8 Å². The number of benzene rings is 5. The van der Waals surface area contributed by atoms with Crippen molar-refractivity contribution in [2.45, 2.75) is 25.3 Å². The number of hydrogen-bond acceptors (Lipinski definition) is 5. The van der Waals surface area contributed by atoms with E-state index in [0.29, 0.717) is 17.4 Å². The van der Waals surface area contributed by atoms with Crippen molar-refractivity contribution in [3.05, 3.63) is 136 Å². The lowest BCUT2D eigenvalue weighted by molar-refractivity contribution is -0.119. The second-order valence-electron chi connectivity index (χ2n) is 10.0. The van der Waals surface area contributed by atoms with Crippen LogP contribution in [-0.4, -0.2) is 27.1 Å². The number of nitrogens with zero attached hydrogens (tertiary/aromatic N) is 2. The highest BCUT2D eigenvalue weighted by Gasteiger charge is 2.27. The number of nitrogens with one attached hydrogen (secondary N) is 1. The molecule has 5 rings (SSSR count). The van der Waals surface area contributed by atoms with Crippen molar-refractivity contribution in [1.29, 1.82) is 0 Å². The zero-order valence-electron chi connectivity index (χ0n) is 23.7. The lowest BCUT2D eigenvalue weighted by atomic mass is 10.1. The Hall–Kier alpha value is -4.66. The fourth-order valence-corrected chi connectivity index (χ4v) is 6.05. The molecule has 9 heteroatoms. The number of anilines is 1. The second-order valence-corrected chi connectivity index (χ2v) is 12.3. The summed E-state index contributed by atoms with van der Waals surface area (Å²) in [6, 6.07) is 32.9. The summed E-state index contributed by atoms with van der Waals surface area (Å²) in [4.78, 5) is 12.9. The standard InChI is InChI=1S/C34H30ClN3O4S/c1-24-10-18-31(19-11-24)43(40,41)38(29-15-12-25(2)33(35)20-29)22-34(39)37-36-21-26-13-16-30(17-14-26)42-23-28-8-5-7-27-6-3-4-9-32(27)28/h3-21H,22-23H2,1-2H3,(H,37,39)/b36-21-. The minimum Gasteiger partial charge on any atom is -0.489 e. The van der Waals surface area contributed by atoms with Gasteiger partial charge in [0.1, 0.15) is 18.9 Å². The van der Waals surface area contributed by atoms with Crippen LogP contribution in [-0.2, 0) is 21.4 Å². The topological polar surface area (TPSA) is 88.1 Å². The summed E-state index contributed by atoms with van der Waals surface area (Å²) in [5.74, 6) is 0.0847. The van der Waals surface area contributed by atoms with E-state index in [1.807, 2.05) is 62.4 Å². The number of halogens is 1. The van der Waals surface area contributed by atoms with Gasteiger partial charge in [-0.2, -0.15) is 5.10 Å². The summed E-state index contributed by atoms with van der Waals surface area (Å²) in [6.07, 6.45) is 1.48. The average Bonchev–Trinajstić information content (AvgIpc) is 3.01. The molecule has 5 aromatic rings. The molecule has 0 fully saturated rings. The second kappa shape index (κ2) is 13.1. The van der Waals surface area contributed by atoms with Crippen LogP contribution in [0.15, 0.2) is 119 Å². The SMILES string of the molecule is Cc1ccc(S(=O)(=O)N(CC(=O)N/N=C\c2ccc(OCc3cccc4ccccc34)cc2)c2ccc(C)c(Cl)c2)cc1. The quantitative estimate of drug-likeness (QED) is 0.136. The van der Waals surface area contributed by atoms with Crippen LogP contribution in [0.5, 0.6) is 5.75 Å². The number of fused-ring (bicyclic) bond motifs is 1. The van der Waals surface area contributed by atoms with E-state index in [4.69, 9.17) is 16.3 Å². The van der Waals surface area contributed by atoms with Gasteiger partial charge in [-0.3, -0.25) is 9.10 Å². The Balaban J connectivity index is 1.24. The van der Waals surface area contributed by atoms with E-state index in [1.54, 1.807) is 24.3 Å². The zero-order valence-corrected chi connectivity index (χ0v) is 25.3. The Kier molecular flexibility index (Phi) is 9.09.